The number of benzene rings is 1. The number of carbonyl (C=O) groups is 3. The first-order valence-corrected chi connectivity index (χ1v) is 11.0. The smallest absolute Gasteiger partial charge is 0.327 e. The van der Waals surface area contributed by atoms with E-state index >= 15 is 0 Å². The summed E-state index contributed by atoms with van der Waals surface area (Å²) in [6, 6.07) is 7.11. The third-order valence-electron chi connectivity index (χ3n) is 5.45. The van der Waals surface area contributed by atoms with Crippen LogP contribution in [0.1, 0.15) is 17.5 Å². The SMILES string of the molecule is Cc1cc(NC(=O)CSC2NC(c3ccc(F)cc3)NC3C2C(=O)N(C)C(=O)N3C)no1. The zero-order chi connectivity index (χ0) is 23.0. The van der Waals surface area contributed by atoms with E-state index in [1.807, 2.05) is 0 Å². The van der Waals surface area contributed by atoms with Gasteiger partial charge in [0.05, 0.1) is 29.4 Å². The van der Waals surface area contributed by atoms with Gasteiger partial charge < -0.3 is 14.7 Å². The lowest BCUT2D eigenvalue weighted by molar-refractivity contribution is -0.140. The van der Waals surface area contributed by atoms with Crippen LogP contribution in [0.2, 0.25) is 0 Å². The number of nitrogens with zero attached hydrogens (tertiary/aromatic N) is 3. The zero-order valence-electron chi connectivity index (χ0n) is 17.7. The summed E-state index contributed by atoms with van der Waals surface area (Å²) in [5.74, 6) is -0.729. The molecule has 4 rings (SSSR count). The highest BCUT2D eigenvalue weighted by Crippen LogP contribution is 2.34. The minimum atomic E-state index is -0.633. The van der Waals surface area contributed by atoms with Gasteiger partial charge in [0, 0.05) is 20.2 Å². The molecule has 0 radical (unpaired) electrons. The number of hydrogen-bond donors (Lipinski definition) is 3. The number of fused-ring (bicyclic) bond motifs is 1. The number of aromatic nitrogens is 1. The number of anilines is 1. The molecule has 0 spiro atoms. The average molecular weight is 463 g/mol. The minimum absolute atomic E-state index is 0.0393. The Hall–Kier alpha value is -2.96. The number of hydrogen-bond acceptors (Lipinski definition) is 8. The number of halogens is 1. The predicted octanol–water partition coefficient (Wildman–Crippen LogP) is 1.48. The highest BCUT2D eigenvalue weighted by molar-refractivity contribution is 8.00. The van der Waals surface area contributed by atoms with E-state index in [2.05, 4.69) is 21.1 Å². The number of amides is 4. The van der Waals surface area contributed by atoms with Gasteiger partial charge in [-0.3, -0.25) is 25.1 Å². The molecule has 32 heavy (non-hydrogen) atoms. The lowest BCUT2D eigenvalue weighted by Crippen LogP contribution is -2.72. The monoisotopic (exact) mass is 462 g/mol. The van der Waals surface area contributed by atoms with Crippen molar-refractivity contribution in [3.8, 4) is 0 Å². The summed E-state index contributed by atoms with van der Waals surface area (Å²) in [5.41, 5.74) is 0.741. The highest BCUT2D eigenvalue weighted by Gasteiger charge is 2.51. The van der Waals surface area contributed by atoms with Gasteiger partial charge in [-0.05, 0) is 24.6 Å². The topological polar surface area (TPSA) is 120 Å². The summed E-state index contributed by atoms with van der Waals surface area (Å²) in [7, 11) is 3.05. The van der Waals surface area contributed by atoms with Crippen molar-refractivity contribution < 1.29 is 23.3 Å². The minimum Gasteiger partial charge on any atom is -0.360 e. The summed E-state index contributed by atoms with van der Waals surface area (Å²) < 4.78 is 18.3. The van der Waals surface area contributed by atoms with Gasteiger partial charge in [-0.15, -0.1) is 11.8 Å². The van der Waals surface area contributed by atoms with Crippen molar-refractivity contribution in [1.29, 1.82) is 0 Å². The van der Waals surface area contributed by atoms with Crippen LogP contribution in [0.15, 0.2) is 34.9 Å². The lowest BCUT2D eigenvalue weighted by atomic mass is 9.96. The number of carbonyl (C=O) groups excluding carboxylic acids is 3. The molecule has 2 aromatic rings. The third-order valence-corrected chi connectivity index (χ3v) is 6.67. The average Bonchev–Trinajstić information content (AvgIpc) is 3.19. The zero-order valence-corrected chi connectivity index (χ0v) is 18.5. The molecular weight excluding hydrogens is 439 g/mol. The largest absolute Gasteiger partial charge is 0.360 e. The lowest BCUT2D eigenvalue weighted by Gasteiger charge is -2.50. The molecule has 3 N–H and O–H groups in total. The fourth-order valence-corrected chi connectivity index (χ4v) is 4.92. The molecule has 3 heterocycles. The first-order chi connectivity index (χ1) is 15.2. The number of aryl methyl sites for hydroxylation is 1. The van der Waals surface area contributed by atoms with Crippen LogP contribution >= 0.6 is 11.8 Å². The molecule has 0 bridgehead atoms. The van der Waals surface area contributed by atoms with Crippen LogP contribution in [0.3, 0.4) is 0 Å². The van der Waals surface area contributed by atoms with Crippen molar-refractivity contribution in [3.05, 3.63) is 47.5 Å². The number of urea groups is 1. The van der Waals surface area contributed by atoms with Crippen molar-refractivity contribution in [2.45, 2.75) is 24.6 Å². The second kappa shape index (κ2) is 8.88. The number of rotatable bonds is 5. The van der Waals surface area contributed by atoms with Gasteiger partial charge in [0.1, 0.15) is 11.6 Å². The van der Waals surface area contributed by atoms with E-state index < -0.39 is 29.7 Å². The Labute approximate surface area is 187 Å². The van der Waals surface area contributed by atoms with E-state index in [1.165, 1.54) is 35.8 Å². The highest BCUT2D eigenvalue weighted by atomic mass is 32.2. The molecule has 4 unspecified atom stereocenters. The van der Waals surface area contributed by atoms with Gasteiger partial charge in [0.2, 0.25) is 11.8 Å². The van der Waals surface area contributed by atoms with E-state index in [9.17, 15) is 18.8 Å². The van der Waals surface area contributed by atoms with Crippen LogP contribution in [0.4, 0.5) is 15.0 Å². The second-order valence-corrected chi connectivity index (χ2v) is 8.81. The third kappa shape index (κ3) is 4.33. The molecule has 1 aromatic carbocycles. The summed E-state index contributed by atoms with van der Waals surface area (Å²) >= 11 is 1.25. The number of imide groups is 1. The summed E-state index contributed by atoms with van der Waals surface area (Å²) in [4.78, 5) is 40.4. The van der Waals surface area contributed by atoms with Crippen molar-refractivity contribution in [3.63, 3.8) is 0 Å². The molecule has 2 saturated heterocycles. The van der Waals surface area contributed by atoms with E-state index in [4.69, 9.17) is 4.52 Å². The van der Waals surface area contributed by atoms with E-state index in [-0.39, 0.29) is 23.4 Å². The maximum absolute atomic E-state index is 13.4. The molecule has 0 aliphatic carbocycles. The first-order valence-electron chi connectivity index (χ1n) is 9.91. The predicted molar refractivity (Wildman–Crippen MR) is 115 cm³/mol. The fourth-order valence-electron chi connectivity index (χ4n) is 3.82. The van der Waals surface area contributed by atoms with Crippen molar-refractivity contribution in [2.24, 2.45) is 5.92 Å². The molecule has 2 aliphatic heterocycles. The van der Waals surface area contributed by atoms with Gasteiger partial charge in [-0.2, -0.15) is 0 Å². The fraction of sp³-hybridized carbons (Fsp3) is 0.400. The van der Waals surface area contributed by atoms with Crippen molar-refractivity contribution in [2.75, 3.05) is 25.2 Å². The molecule has 0 saturated carbocycles. The maximum Gasteiger partial charge on any atom is 0.327 e. The Morgan fingerprint density at radius 3 is 2.62 bits per heavy atom. The van der Waals surface area contributed by atoms with Crippen LogP contribution in [-0.4, -0.2) is 64.2 Å². The Bertz CT molecular complexity index is 1030. The van der Waals surface area contributed by atoms with E-state index in [0.29, 0.717) is 11.6 Å². The van der Waals surface area contributed by atoms with Crippen molar-refractivity contribution >= 4 is 35.4 Å². The molecule has 4 atom stereocenters. The molecular formula is C20H23FN6O4S. The van der Waals surface area contributed by atoms with Gasteiger partial charge in [0.15, 0.2) is 5.82 Å². The Morgan fingerprint density at radius 2 is 1.97 bits per heavy atom. The molecule has 10 nitrogen and oxygen atoms in total. The first kappa shape index (κ1) is 22.2. The molecule has 4 amide bonds. The number of nitrogens with one attached hydrogen (secondary N) is 3. The molecule has 1 aromatic heterocycles. The van der Waals surface area contributed by atoms with Crippen LogP contribution in [-0.2, 0) is 9.59 Å². The molecule has 2 fully saturated rings. The van der Waals surface area contributed by atoms with Crippen LogP contribution in [0.5, 0.6) is 0 Å². The number of thioether (sulfide) groups is 1. The Balaban J connectivity index is 1.53. The molecule has 12 heteroatoms. The van der Waals surface area contributed by atoms with Crippen LogP contribution in [0.25, 0.3) is 0 Å². The standard InChI is InChI=1S/C20H23FN6O4S/c1-10-8-13(25-31-10)22-14(28)9-32-18-15-17(26(2)20(30)27(3)19(15)29)23-16(24-18)11-4-6-12(21)7-5-11/h4-8,15-18,23-24H,9H2,1-3H3,(H,22,25,28). The van der Waals surface area contributed by atoms with Crippen LogP contribution < -0.4 is 16.0 Å². The van der Waals surface area contributed by atoms with Gasteiger partial charge in [-0.25, -0.2) is 9.18 Å². The maximum atomic E-state index is 13.4. The normalized spacial score (nSPS) is 25.6. The van der Waals surface area contributed by atoms with Gasteiger partial charge in [-0.1, -0.05) is 17.3 Å². The van der Waals surface area contributed by atoms with E-state index in [1.54, 1.807) is 32.2 Å². The Morgan fingerprint density at radius 1 is 1.25 bits per heavy atom. The Kier molecular flexibility index (Phi) is 6.17. The van der Waals surface area contributed by atoms with Gasteiger partial charge >= 0.3 is 6.03 Å². The molecule has 2 aliphatic rings. The van der Waals surface area contributed by atoms with E-state index in [0.717, 1.165) is 10.5 Å². The quantitative estimate of drug-likeness (QED) is 0.611. The summed E-state index contributed by atoms with van der Waals surface area (Å²) in [6.45, 7) is 1.72. The second-order valence-electron chi connectivity index (χ2n) is 7.68. The summed E-state index contributed by atoms with van der Waals surface area (Å²) in [6.07, 6.45) is -1.05. The summed E-state index contributed by atoms with van der Waals surface area (Å²) in [5, 5.41) is 12.5. The van der Waals surface area contributed by atoms with Gasteiger partial charge in [0.25, 0.3) is 0 Å². The van der Waals surface area contributed by atoms with Crippen molar-refractivity contribution in [1.82, 2.24) is 25.6 Å². The van der Waals surface area contributed by atoms with Crippen LogP contribution in [0, 0.1) is 18.7 Å². The molecule has 170 valence electrons.